The molecule has 2 rings (SSSR count). The minimum absolute atomic E-state index is 0.256. The van der Waals surface area contributed by atoms with Gasteiger partial charge in [0.2, 0.25) is 0 Å². The highest BCUT2D eigenvalue weighted by Crippen LogP contribution is 2.20. The molecule has 1 saturated heterocycles. The van der Waals surface area contributed by atoms with Gasteiger partial charge in [-0.05, 0) is 18.1 Å². The van der Waals surface area contributed by atoms with Crippen LogP contribution >= 0.6 is 0 Å². The fourth-order valence-electron chi connectivity index (χ4n) is 2.11. The predicted molar refractivity (Wildman–Crippen MR) is 83.5 cm³/mol. The maximum atomic E-state index is 13.1. The van der Waals surface area contributed by atoms with Crippen molar-refractivity contribution in [1.29, 1.82) is 0 Å². The molecule has 22 heavy (non-hydrogen) atoms. The highest BCUT2D eigenvalue weighted by Gasteiger charge is 2.26. The number of rotatable bonds is 5. The molecule has 0 unspecified atom stereocenters. The monoisotopic (exact) mass is 316 g/mol. The summed E-state index contributed by atoms with van der Waals surface area (Å²) in [6.45, 7) is 5.93. The van der Waals surface area contributed by atoms with E-state index in [1.54, 1.807) is 6.20 Å². The van der Waals surface area contributed by atoms with Crippen LogP contribution in [-0.2, 0) is 6.42 Å². The first-order valence-corrected chi connectivity index (χ1v) is 7.72. The van der Waals surface area contributed by atoms with E-state index in [2.05, 4.69) is 9.88 Å². The van der Waals surface area contributed by atoms with E-state index in [0.717, 1.165) is 11.4 Å². The number of pyridine rings is 1. The number of nitrogens with two attached hydrogens (primary N) is 1. The molecule has 5 nitrogen and oxygen atoms in total. The molecule has 0 spiro atoms. The van der Waals surface area contributed by atoms with Crippen LogP contribution in [-0.4, -0.2) is 53.9 Å². The molecular formula is C15H26F2N4O. The largest absolute Gasteiger partial charge is 0.354 e. The van der Waals surface area contributed by atoms with E-state index in [1.807, 2.05) is 26.0 Å². The molecule has 0 saturated carbocycles. The number of piperazine rings is 1. The van der Waals surface area contributed by atoms with Crippen LogP contribution in [0.1, 0.15) is 25.8 Å². The number of aromatic nitrogens is 1. The van der Waals surface area contributed by atoms with Crippen molar-refractivity contribution < 1.29 is 14.0 Å². The van der Waals surface area contributed by atoms with E-state index in [-0.39, 0.29) is 12.8 Å². The summed E-state index contributed by atoms with van der Waals surface area (Å²) in [5.74, 6) is -2.00. The van der Waals surface area contributed by atoms with Crippen molar-refractivity contribution in [3.8, 4) is 0 Å². The highest BCUT2D eigenvalue weighted by atomic mass is 19.3. The van der Waals surface area contributed by atoms with Gasteiger partial charge in [-0.15, -0.1) is 0 Å². The maximum absolute atomic E-state index is 13.1. The van der Waals surface area contributed by atoms with Crippen LogP contribution in [0.25, 0.3) is 0 Å². The van der Waals surface area contributed by atoms with Gasteiger partial charge in [-0.2, -0.15) is 5.06 Å². The molecule has 1 aliphatic rings. The molecule has 0 aromatic carbocycles. The zero-order valence-corrected chi connectivity index (χ0v) is 13.3. The van der Waals surface area contributed by atoms with Crippen molar-refractivity contribution in [3.05, 3.63) is 23.9 Å². The molecule has 0 atom stereocenters. The molecule has 3 N–H and O–H groups in total. The smallest absolute Gasteiger partial charge is 0.260 e. The van der Waals surface area contributed by atoms with E-state index in [0.29, 0.717) is 26.2 Å². The summed E-state index contributed by atoms with van der Waals surface area (Å²) < 4.78 is 26.1. The fourth-order valence-corrected chi connectivity index (χ4v) is 2.11. The molecule has 0 amide bonds. The molecular weight excluding hydrogens is 290 g/mol. The topological polar surface area (TPSA) is 65.6 Å². The minimum atomic E-state index is -2.81. The fraction of sp³-hybridized carbons (Fsp3) is 0.667. The second-order valence-electron chi connectivity index (χ2n) is 5.03. The summed E-state index contributed by atoms with van der Waals surface area (Å²) >= 11 is 0. The number of anilines is 1. The van der Waals surface area contributed by atoms with E-state index in [1.165, 1.54) is 5.06 Å². The maximum Gasteiger partial charge on any atom is 0.260 e. The SMILES string of the molecule is CC.NCC(F)(F)CCc1ccc(N2CCN(O)CC2)nc1. The van der Waals surface area contributed by atoms with Gasteiger partial charge >= 0.3 is 0 Å². The number of hydroxylamine groups is 2. The lowest BCUT2D eigenvalue weighted by Gasteiger charge is -2.31. The molecule has 1 aromatic rings. The van der Waals surface area contributed by atoms with Gasteiger partial charge in [0.15, 0.2) is 0 Å². The molecule has 2 heterocycles. The Kier molecular flexibility index (Phi) is 7.64. The van der Waals surface area contributed by atoms with Crippen LogP contribution in [0.4, 0.5) is 14.6 Å². The van der Waals surface area contributed by atoms with Crippen LogP contribution in [0.15, 0.2) is 18.3 Å². The van der Waals surface area contributed by atoms with Crippen molar-refractivity contribution in [2.45, 2.75) is 32.6 Å². The molecule has 0 aliphatic carbocycles. The molecule has 0 bridgehead atoms. The van der Waals surface area contributed by atoms with Crippen molar-refractivity contribution in [1.82, 2.24) is 10.0 Å². The van der Waals surface area contributed by atoms with Gasteiger partial charge in [-0.3, -0.25) is 0 Å². The van der Waals surface area contributed by atoms with E-state index < -0.39 is 12.5 Å². The first kappa shape index (κ1) is 18.7. The summed E-state index contributed by atoms with van der Waals surface area (Å²) in [7, 11) is 0. The Labute approximate surface area is 130 Å². The second-order valence-corrected chi connectivity index (χ2v) is 5.03. The Morgan fingerprint density at radius 3 is 2.36 bits per heavy atom. The number of hydrogen-bond donors (Lipinski definition) is 2. The quantitative estimate of drug-likeness (QED) is 0.871. The number of hydrogen-bond acceptors (Lipinski definition) is 5. The van der Waals surface area contributed by atoms with Crippen molar-refractivity contribution in [3.63, 3.8) is 0 Å². The van der Waals surface area contributed by atoms with E-state index in [4.69, 9.17) is 5.73 Å². The van der Waals surface area contributed by atoms with E-state index >= 15 is 0 Å². The van der Waals surface area contributed by atoms with Crippen molar-refractivity contribution >= 4 is 5.82 Å². The lowest BCUT2D eigenvalue weighted by atomic mass is 10.1. The highest BCUT2D eigenvalue weighted by molar-refractivity contribution is 5.39. The number of alkyl halides is 2. The average molecular weight is 316 g/mol. The molecule has 1 aliphatic heterocycles. The third-order valence-corrected chi connectivity index (χ3v) is 3.47. The number of aryl methyl sites for hydroxylation is 1. The van der Waals surface area contributed by atoms with Gasteiger partial charge < -0.3 is 15.8 Å². The van der Waals surface area contributed by atoms with Crippen LogP contribution in [0.2, 0.25) is 0 Å². The zero-order chi connectivity index (χ0) is 16.6. The van der Waals surface area contributed by atoms with Gasteiger partial charge in [-0.1, -0.05) is 19.9 Å². The summed E-state index contributed by atoms with van der Waals surface area (Å²) in [5.41, 5.74) is 5.79. The zero-order valence-electron chi connectivity index (χ0n) is 13.3. The lowest BCUT2D eigenvalue weighted by Crippen LogP contribution is -2.45. The molecule has 1 fully saturated rings. The standard InChI is InChI=1S/C13H20F2N4O.C2H6/c14-13(15,10-16)4-3-11-1-2-12(17-9-11)18-5-7-19(20)8-6-18;1-2/h1-2,9,20H,3-8,10,16H2;1-2H3. The number of nitrogens with zero attached hydrogens (tertiary/aromatic N) is 3. The third kappa shape index (κ3) is 5.82. The Morgan fingerprint density at radius 2 is 1.86 bits per heavy atom. The Balaban J connectivity index is 0.00000116. The van der Waals surface area contributed by atoms with Gasteiger partial charge in [0.05, 0.1) is 6.54 Å². The van der Waals surface area contributed by atoms with Gasteiger partial charge in [0.1, 0.15) is 5.82 Å². The summed E-state index contributed by atoms with van der Waals surface area (Å²) in [6, 6.07) is 3.66. The summed E-state index contributed by atoms with van der Waals surface area (Å²) in [6.07, 6.45) is 1.64. The van der Waals surface area contributed by atoms with Gasteiger partial charge in [0.25, 0.3) is 5.92 Å². The van der Waals surface area contributed by atoms with Crippen LogP contribution < -0.4 is 10.6 Å². The first-order valence-electron chi connectivity index (χ1n) is 7.72. The second kappa shape index (κ2) is 8.97. The first-order chi connectivity index (χ1) is 10.5. The predicted octanol–water partition coefficient (Wildman–Crippen LogP) is 2.15. The van der Waals surface area contributed by atoms with Crippen LogP contribution in [0, 0.1) is 0 Å². The third-order valence-electron chi connectivity index (χ3n) is 3.47. The summed E-state index contributed by atoms with van der Waals surface area (Å²) in [5, 5.41) is 10.6. The lowest BCUT2D eigenvalue weighted by molar-refractivity contribution is -0.0936. The Hall–Kier alpha value is -1.31. The Morgan fingerprint density at radius 1 is 1.23 bits per heavy atom. The number of halogens is 2. The molecule has 126 valence electrons. The average Bonchev–Trinajstić information content (AvgIpc) is 2.56. The van der Waals surface area contributed by atoms with Crippen molar-refractivity contribution in [2.75, 3.05) is 37.6 Å². The van der Waals surface area contributed by atoms with Crippen LogP contribution in [0.3, 0.4) is 0 Å². The van der Waals surface area contributed by atoms with Gasteiger partial charge in [0, 0.05) is 38.8 Å². The summed E-state index contributed by atoms with van der Waals surface area (Å²) in [4.78, 5) is 6.36. The van der Waals surface area contributed by atoms with Crippen LogP contribution in [0.5, 0.6) is 0 Å². The van der Waals surface area contributed by atoms with Crippen molar-refractivity contribution in [2.24, 2.45) is 5.73 Å². The van der Waals surface area contributed by atoms with E-state index in [9.17, 15) is 14.0 Å². The normalized spacial score (nSPS) is 16.2. The molecule has 7 heteroatoms. The minimum Gasteiger partial charge on any atom is -0.354 e. The van der Waals surface area contributed by atoms with Gasteiger partial charge in [-0.25, -0.2) is 13.8 Å². The molecule has 1 aromatic heterocycles. The molecule has 0 radical (unpaired) electrons. The Bertz CT molecular complexity index is 420.